The van der Waals surface area contributed by atoms with E-state index in [1.165, 1.54) is 4.90 Å². The zero-order valence-electron chi connectivity index (χ0n) is 22.5. The second kappa shape index (κ2) is 11.6. The maximum absolute atomic E-state index is 11.2. The van der Waals surface area contributed by atoms with Gasteiger partial charge in [-0.1, -0.05) is 32.0 Å². The number of carbonyl (C=O) groups is 1. The molecule has 1 N–H and O–H groups in total. The monoisotopic (exact) mass is 524 g/mol. The van der Waals surface area contributed by atoms with Gasteiger partial charge in [0.25, 0.3) is 0 Å². The SMILES string of the molecule is C[Si](C)OC(c1c(OCc2cccnc2)ccc2c(CCC3CCN(C(=O)O)CC3)noc12)C(C)(C)C. The molecule has 1 amide bonds. The maximum atomic E-state index is 11.2. The van der Waals surface area contributed by atoms with Crippen LogP contribution in [0.15, 0.2) is 41.2 Å². The quantitative estimate of drug-likeness (QED) is 0.320. The third-order valence-corrected chi connectivity index (χ3v) is 7.62. The molecule has 0 bridgehead atoms. The number of pyridine rings is 1. The summed E-state index contributed by atoms with van der Waals surface area (Å²) in [5, 5.41) is 14.7. The van der Waals surface area contributed by atoms with Crippen LogP contribution in [0.25, 0.3) is 11.0 Å². The number of amides is 1. The van der Waals surface area contributed by atoms with Crippen LogP contribution in [-0.4, -0.2) is 48.4 Å². The molecule has 0 spiro atoms. The summed E-state index contributed by atoms with van der Waals surface area (Å²) in [6.45, 7) is 12.4. The molecule has 8 nitrogen and oxygen atoms in total. The summed E-state index contributed by atoms with van der Waals surface area (Å²) in [5.41, 5.74) is 3.37. The summed E-state index contributed by atoms with van der Waals surface area (Å²) in [6.07, 6.45) is 6.04. The van der Waals surface area contributed by atoms with Gasteiger partial charge in [0.1, 0.15) is 12.4 Å². The number of likely N-dealkylation sites (tertiary alicyclic amines) is 1. The first kappa shape index (κ1) is 27.1. The number of hydrogen-bond acceptors (Lipinski definition) is 6. The second-order valence-corrected chi connectivity index (χ2v) is 13.2. The van der Waals surface area contributed by atoms with E-state index in [0.29, 0.717) is 25.6 Å². The largest absolute Gasteiger partial charge is 0.488 e. The van der Waals surface area contributed by atoms with Gasteiger partial charge in [0.15, 0.2) is 5.58 Å². The number of fused-ring (bicyclic) bond motifs is 1. The number of aryl methyl sites for hydroxylation is 1. The highest BCUT2D eigenvalue weighted by atomic mass is 28.3. The predicted octanol–water partition coefficient (Wildman–Crippen LogP) is 6.48. The van der Waals surface area contributed by atoms with E-state index in [0.717, 1.165) is 59.2 Å². The van der Waals surface area contributed by atoms with Gasteiger partial charge in [-0.15, -0.1) is 0 Å². The highest BCUT2D eigenvalue weighted by molar-refractivity contribution is 6.48. The van der Waals surface area contributed by atoms with Gasteiger partial charge in [0.2, 0.25) is 9.04 Å². The smallest absolute Gasteiger partial charge is 0.407 e. The minimum absolute atomic E-state index is 0.187. The van der Waals surface area contributed by atoms with Crippen molar-refractivity contribution in [1.82, 2.24) is 15.0 Å². The zero-order chi connectivity index (χ0) is 26.6. The summed E-state index contributed by atoms with van der Waals surface area (Å²) >= 11 is 0. The van der Waals surface area contributed by atoms with Crippen molar-refractivity contribution in [2.45, 2.75) is 72.3 Å². The number of piperidine rings is 1. The number of carboxylic acid groups (broad SMARTS) is 1. The summed E-state index contributed by atoms with van der Waals surface area (Å²) in [6, 6.07) is 7.95. The van der Waals surface area contributed by atoms with Crippen molar-refractivity contribution in [3.05, 3.63) is 53.5 Å². The van der Waals surface area contributed by atoms with Crippen molar-refractivity contribution in [2.24, 2.45) is 11.3 Å². The van der Waals surface area contributed by atoms with E-state index >= 15 is 0 Å². The second-order valence-electron chi connectivity index (χ2n) is 11.2. The maximum Gasteiger partial charge on any atom is 0.407 e. The standard InChI is InChI=1S/C28H38N3O5Si/c1-28(2,3)26(36-37(4)5)24-23(34-18-20-7-6-14-29-17-20)11-9-21-22(30-35-25(21)24)10-8-19-12-15-31(16-13-19)27(32)33/h6-7,9,11,14,17,19,26H,8,10,12-13,15-16,18H2,1-5H3,(H,32,33). The van der Waals surface area contributed by atoms with Crippen molar-refractivity contribution in [3.8, 4) is 5.75 Å². The van der Waals surface area contributed by atoms with Crippen LogP contribution in [0.4, 0.5) is 4.79 Å². The molecule has 2 aromatic heterocycles. The number of rotatable bonds is 9. The molecule has 199 valence electrons. The minimum atomic E-state index is -1.01. The predicted molar refractivity (Wildman–Crippen MR) is 144 cm³/mol. The molecule has 3 heterocycles. The molecule has 1 saturated heterocycles. The van der Waals surface area contributed by atoms with Gasteiger partial charge < -0.3 is 23.7 Å². The first-order valence-corrected chi connectivity index (χ1v) is 15.4. The topological polar surface area (TPSA) is 97.9 Å². The van der Waals surface area contributed by atoms with Crippen LogP contribution < -0.4 is 4.74 Å². The first-order valence-electron chi connectivity index (χ1n) is 13.0. The first-order chi connectivity index (χ1) is 17.6. The lowest BCUT2D eigenvalue weighted by molar-refractivity contribution is 0.0831. The molecule has 1 fully saturated rings. The van der Waals surface area contributed by atoms with Crippen LogP contribution in [-0.2, 0) is 17.5 Å². The lowest BCUT2D eigenvalue weighted by Gasteiger charge is -2.33. The van der Waals surface area contributed by atoms with E-state index in [2.05, 4.69) is 44.0 Å². The molecular weight excluding hydrogens is 486 g/mol. The average Bonchev–Trinajstić information content (AvgIpc) is 3.28. The number of nitrogens with zero attached hydrogens (tertiary/aromatic N) is 3. The molecule has 37 heavy (non-hydrogen) atoms. The molecule has 4 rings (SSSR count). The van der Waals surface area contributed by atoms with Crippen LogP contribution in [0.5, 0.6) is 5.75 Å². The highest BCUT2D eigenvalue weighted by Gasteiger charge is 2.34. The number of hydrogen-bond donors (Lipinski definition) is 1. The Labute approximate surface area is 220 Å². The van der Waals surface area contributed by atoms with E-state index < -0.39 is 15.1 Å². The summed E-state index contributed by atoms with van der Waals surface area (Å²) in [7, 11) is -1.01. The molecule has 9 heteroatoms. The fourth-order valence-electron chi connectivity index (χ4n) is 4.91. The summed E-state index contributed by atoms with van der Waals surface area (Å²) in [4.78, 5) is 16.9. The number of aromatic nitrogens is 2. The van der Waals surface area contributed by atoms with Gasteiger partial charge in [-0.25, -0.2) is 4.79 Å². The van der Waals surface area contributed by atoms with Crippen LogP contribution >= 0.6 is 0 Å². The van der Waals surface area contributed by atoms with E-state index in [1.54, 1.807) is 6.20 Å². The van der Waals surface area contributed by atoms with Crippen LogP contribution in [0.2, 0.25) is 13.1 Å². The average molecular weight is 525 g/mol. The molecule has 1 aliphatic rings. The lowest BCUT2D eigenvalue weighted by atomic mass is 9.83. The zero-order valence-corrected chi connectivity index (χ0v) is 23.5. The van der Waals surface area contributed by atoms with Crippen molar-refractivity contribution in [2.75, 3.05) is 13.1 Å². The van der Waals surface area contributed by atoms with Gasteiger partial charge in [-0.05, 0) is 68.3 Å². The Hall–Kier alpha value is -2.91. The normalized spacial score (nSPS) is 15.9. The number of ether oxygens (including phenoxy) is 1. The minimum Gasteiger partial charge on any atom is -0.488 e. The Morgan fingerprint density at radius 1 is 1.24 bits per heavy atom. The molecule has 0 saturated carbocycles. The third-order valence-electron chi connectivity index (χ3n) is 6.91. The van der Waals surface area contributed by atoms with Gasteiger partial charge in [-0.3, -0.25) is 4.98 Å². The van der Waals surface area contributed by atoms with Crippen LogP contribution in [0.1, 0.15) is 63.0 Å². The van der Waals surface area contributed by atoms with Crippen molar-refractivity contribution >= 4 is 26.1 Å². The Kier molecular flexibility index (Phi) is 8.54. The van der Waals surface area contributed by atoms with Gasteiger partial charge in [-0.2, -0.15) is 0 Å². The molecular formula is C28H38N3O5Si. The Bertz CT molecular complexity index is 1180. The molecule has 1 atom stereocenters. The van der Waals surface area contributed by atoms with E-state index in [9.17, 15) is 9.90 Å². The van der Waals surface area contributed by atoms with Gasteiger partial charge in [0.05, 0.1) is 17.4 Å². The Balaban J connectivity index is 1.62. The van der Waals surface area contributed by atoms with Crippen molar-refractivity contribution < 1.29 is 23.6 Å². The Morgan fingerprint density at radius 2 is 2.00 bits per heavy atom. The lowest BCUT2D eigenvalue weighted by Crippen LogP contribution is -2.37. The fourth-order valence-corrected chi connectivity index (χ4v) is 5.86. The molecule has 1 aliphatic heterocycles. The summed E-state index contributed by atoms with van der Waals surface area (Å²) in [5.74, 6) is 1.23. The van der Waals surface area contributed by atoms with Crippen LogP contribution in [0.3, 0.4) is 0 Å². The molecule has 3 aromatic rings. The number of benzene rings is 1. The van der Waals surface area contributed by atoms with Crippen molar-refractivity contribution in [1.29, 1.82) is 0 Å². The van der Waals surface area contributed by atoms with E-state index in [4.69, 9.17) is 13.7 Å². The van der Waals surface area contributed by atoms with E-state index in [-0.39, 0.29) is 11.5 Å². The molecule has 0 aliphatic carbocycles. The molecule has 1 radical (unpaired) electrons. The fraction of sp³-hybridized carbons (Fsp3) is 0.536. The highest BCUT2D eigenvalue weighted by Crippen LogP contribution is 2.45. The van der Waals surface area contributed by atoms with E-state index in [1.807, 2.05) is 30.5 Å². The third kappa shape index (κ3) is 6.70. The van der Waals surface area contributed by atoms with Gasteiger partial charge >= 0.3 is 6.09 Å². The molecule has 1 aromatic carbocycles. The summed E-state index contributed by atoms with van der Waals surface area (Å²) < 4.78 is 18.9. The molecule has 1 unspecified atom stereocenters. The van der Waals surface area contributed by atoms with Crippen molar-refractivity contribution in [3.63, 3.8) is 0 Å². The Morgan fingerprint density at radius 3 is 2.62 bits per heavy atom. The van der Waals surface area contributed by atoms with Gasteiger partial charge in [0, 0.05) is 36.4 Å². The van der Waals surface area contributed by atoms with Crippen LogP contribution in [0, 0.1) is 11.3 Å².